The van der Waals surface area contributed by atoms with Gasteiger partial charge >= 0.3 is 0 Å². The van der Waals surface area contributed by atoms with Crippen LogP contribution in [0.25, 0.3) is 0 Å². The van der Waals surface area contributed by atoms with Gasteiger partial charge in [0.05, 0.1) is 0 Å². The quantitative estimate of drug-likeness (QED) is 0.884. The molecule has 4 nitrogen and oxygen atoms in total. The highest BCUT2D eigenvalue weighted by molar-refractivity contribution is 5.59. The number of benzene rings is 1. The van der Waals surface area contributed by atoms with Crippen molar-refractivity contribution in [3.8, 4) is 0 Å². The molecule has 2 N–H and O–H groups in total. The molecule has 0 fully saturated rings. The van der Waals surface area contributed by atoms with Crippen LogP contribution in [0.4, 0.5) is 21.7 Å². The van der Waals surface area contributed by atoms with E-state index >= 15 is 0 Å². The Kier molecular flexibility index (Phi) is 3.94. The van der Waals surface area contributed by atoms with E-state index in [2.05, 4.69) is 20.6 Å². The fourth-order valence-corrected chi connectivity index (χ4v) is 1.77. The minimum absolute atomic E-state index is 0.210. The maximum Gasteiger partial charge on any atom is 0.136 e. The number of hydrogen-bond donors (Lipinski definition) is 2. The SMILES string of the molecule is CCNc1cc(Nc2ccc(F)c(C)c2)nc(C)n1. The standard InChI is InChI=1S/C14H17FN4/c1-4-16-13-8-14(18-10(3)17-13)19-11-5-6-12(15)9(2)7-11/h5-8H,4H2,1-3H3,(H2,16,17,18,19). The van der Waals surface area contributed by atoms with Gasteiger partial charge in [0.25, 0.3) is 0 Å². The molecule has 2 aromatic rings. The summed E-state index contributed by atoms with van der Waals surface area (Å²) in [5.74, 6) is 1.93. The Labute approximate surface area is 112 Å². The second-order valence-electron chi connectivity index (χ2n) is 4.30. The molecule has 0 amide bonds. The van der Waals surface area contributed by atoms with Crippen LogP contribution in [-0.2, 0) is 0 Å². The predicted octanol–water partition coefficient (Wildman–Crippen LogP) is 3.41. The maximum atomic E-state index is 13.2. The van der Waals surface area contributed by atoms with E-state index in [0.717, 1.165) is 18.1 Å². The third kappa shape index (κ3) is 3.40. The summed E-state index contributed by atoms with van der Waals surface area (Å²) in [6.07, 6.45) is 0. The van der Waals surface area contributed by atoms with Crippen LogP contribution in [0, 0.1) is 19.7 Å². The highest BCUT2D eigenvalue weighted by Gasteiger charge is 2.03. The average molecular weight is 260 g/mol. The lowest BCUT2D eigenvalue weighted by Gasteiger charge is -2.10. The third-order valence-corrected chi connectivity index (χ3v) is 2.63. The van der Waals surface area contributed by atoms with Crippen molar-refractivity contribution < 1.29 is 4.39 Å². The van der Waals surface area contributed by atoms with E-state index in [0.29, 0.717) is 17.2 Å². The lowest BCUT2D eigenvalue weighted by molar-refractivity contribution is 0.619. The third-order valence-electron chi connectivity index (χ3n) is 2.63. The minimum atomic E-state index is -0.210. The zero-order valence-electron chi connectivity index (χ0n) is 11.3. The molecule has 0 aliphatic heterocycles. The van der Waals surface area contributed by atoms with Crippen molar-refractivity contribution in [1.82, 2.24) is 9.97 Å². The molecule has 0 saturated carbocycles. The van der Waals surface area contributed by atoms with Gasteiger partial charge in [0.15, 0.2) is 0 Å². The normalized spacial score (nSPS) is 10.3. The molecule has 0 bridgehead atoms. The summed E-state index contributed by atoms with van der Waals surface area (Å²) in [6.45, 7) is 6.37. The van der Waals surface area contributed by atoms with E-state index in [-0.39, 0.29) is 5.82 Å². The van der Waals surface area contributed by atoms with Crippen molar-refractivity contribution in [3.05, 3.63) is 41.5 Å². The van der Waals surface area contributed by atoms with Crippen LogP contribution in [-0.4, -0.2) is 16.5 Å². The molecule has 0 spiro atoms. The largest absolute Gasteiger partial charge is 0.370 e. The van der Waals surface area contributed by atoms with Crippen LogP contribution in [0.5, 0.6) is 0 Å². The first kappa shape index (κ1) is 13.3. The second kappa shape index (κ2) is 5.65. The summed E-state index contributed by atoms with van der Waals surface area (Å²) >= 11 is 0. The molecule has 0 atom stereocenters. The first-order valence-corrected chi connectivity index (χ1v) is 6.21. The van der Waals surface area contributed by atoms with Crippen LogP contribution >= 0.6 is 0 Å². The molecule has 0 saturated heterocycles. The second-order valence-corrected chi connectivity index (χ2v) is 4.30. The molecule has 0 unspecified atom stereocenters. The van der Waals surface area contributed by atoms with Crippen molar-refractivity contribution in [2.75, 3.05) is 17.2 Å². The number of aromatic nitrogens is 2. The van der Waals surface area contributed by atoms with Gasteiger partial charge in [-0.05, 0) is 44.5 Å². The number of halogens is 1. The lowest BCUT2D eigenvalue weighted by Crippen LogP contribution is -2.04. The van der Waals surface area contributed by atoms with Crippen LogP contribution < -0.4 is 10.6 Å². The van der Waals surface area contributed by atoms with Gasteiger partial charge in [-0.3, -0.25) is 0 Å². The van der Waals surface area contributed by atoms with E-state index in [9.17, 15) is 4.39 Å². The number of nitrogens with one attached hydrogen (secondary N) is 2. The highest BCUT2D eigenvalue weighted by atomic mass is 19.1. The summed E-state index contributed by atoms with van der Waals surface area (Å²) in [6, 6.07) is 6.71. The molecule has 100 valence electrons. The van der Waals surface area contributed by atoms with E-state index in [4.69, 9.17) is 0 Å². The molecule has 1 aromatic heterocycles. The summed E-state index contributed by atoms with van der Waals surface area (Å²) < 4.78 is 13.2. The van der Waals surface area contributed by atoms with Crippen LogP contribution in [0.15, 0.2) is 24.3 Å². The zero-order chi connectivity index (χ0) is 13.8. The Morgan fingerprint density at radius 2 is 1.84 bits per heavy atom. The van der Waals surface area contributed by atoms with E-state index in [1.54, 1.807) is 19.1 Å². The zero-order valence-corrected chi connectivity index (χ0v) is 11.3. The Bertz CT molecular complexity index is 584. The highest BCUT2D eigenvalue weighted by Crippen LogP contribution is 2.19. The van der Waals surface area contributed by atoms with Crippen molar-refractivity contribution >= 4 is 17.3 Å². The Morgan fingerprint density at radius 3 is 2.53 bits per heavy atom. The van der Waals surface area contributed by atoms with Gasteiger partial charge in [-0.15, -0.1) is 0 Å². The van der Waals surface area contributed by atoms with E-state index in [1.165, 1.54) is 6.07 Å². The molecule has 19 heavy (non-hydrogen) atoms. The fourth-order valence-electron chi connectivity index (χ4n) is 1.77. The first-order valence-electron chi connectivity index (χ1n) is 6.21. The molecule has 0 aliphatic carbocycles. The molecule has 5 heteroatoms. The van der Waals surface area contributed by atoms with Gasteiger partial charge in [0.2, 0.25) is 0 Å². The van der Waals surface area contributed by atoms with Crippen molar-refractivity contribution in [2.45, 2.75) is 20.8 Å². The average Bonchev–Trinajstić information content (AvgIpc) is 2.33. The monoisotopic (exact) mass is 260 g/mol. The Balaban J connectivity index is 2.24. The molecule has 2 rings (SSSR count). The molecule has 1 aromatic carbocycles. The smallest absolute Gasteiger partial charge is 0.136 e. The number of hydrogen-bond acceptors (Lipinski definition) is 4. The van der Waals surface area contributed by atoms with Crippen molar-refractivity contribution in [1.29, 1.82) is 0 Å². The number of rotatable bonds is 4. The van der Waals surface area contributed by atoms with Crippen LogP contribution in [0.2, 0.25) is 0 Å². The Morgan fingerprint density at radius 1 is 1.11 bits per heavy atom. The number of nitrogens with zero attached hydrogens (tertiary/aromatic N) is 2. The predicted molar refractivity (Wildman–Crippen MR) is 75.4 cm³/mol. The number of aryl methyl sites for hydroxylation is 2. The number of anilines is 3. The lowest BCUT2D eigenvalue weighted by atomic mass is 10.2. The maximum absolute atomic E-state index is 13.2. The van der Waals surface area contributed by atoms with Gasteiger partial charge in [-0.1, -0.05) is 0 Å². The van der Waals surface area contributed by atoms with Crippen LogP contribution in [0.1, 0.15) is 18.3 Å². The van der Waals surface area contributed by atoms with Crippen LogP contribution in [0.3, 0.4) is 0 Å². The summed E-state index contributed by atoms with van der Waals surface area (Å²) in [5, 5.41) is 6.30. The summed E-state index contributed by atoms with van der Waals surface area (Å²) in [4.78, 5) is 8.58. The van der Waals surface area contributed by atoms with Crippen molar-refractivity contribution in [3.63, 3.8) is 0 Å². The first-order chi connectivity index (χ1) is 9.08. The van der Waals surface area contributed by atoms with Gasteiger partial charge in [0.1, 0.15) is 23.3 Å². The molecule has 0 radical (unpaired) electrons. The van der Waals surface area contributed by atoms with Gasteiger partial charge in [0, 0.05) is 18.3 Å². The molecule has 1 heterocycles. The minimum Gasteiger partial charge on any atom is -0.370 e. The Hall–Kier alpha value is -2.17. The van der Waals surface area contributed by atoms with E-state index in [1.807, 2.05) is 19.9 Å². The molecular weight excluding hydrogens is 243 g/mol. The fraction of sp³-hybridized carbons (Fsp3) is 0.286. The van der Waals surface area contributed by atoms with Gasteiger partial charge in [-0.2, -0.15) is 0 Å². The molecule has 0 aliphatic rings. The topological polar surface area (TPSA) is 49.8 Å². The van der Waals surface area contributed by atoms with E-state index < -0.39 is 0 Å². The summed E-state index contributed by atoms with van der Waals surface area (Å²) in [7, 11) is 0. The van der Waals surface area contributed by atoms with Gasteiger partial charge < -0.3 is 10.6 Å². The molecular formula is C14H17FN4. The summed E-state index contributed by atoms with van der Waals surface area (Å²) in [5.41, 5.74) is 1.40. The van der Waals surface area contributed by atoms with Gasteiger partial charge in [-0.25, -0.2) is 14.4 Å². The van der Waals surface area contributed by atoms with Crippen molar-refractivity contribution in [2.24, 2.45) is 0 Å².